The first-order valence-electron chi connectivity index (χ1n) is 11.2. The van der Waals surface area contributed by atoms with Crippen LogP contribution in [0.15, 0.2) is 53.9 Å². The molecule has 1 unspecified atom stereocenters. The summed E-state index contributed by atoms with van der Waals surface area (Å²) >= 11 is 1.31. The van der Waals surface area contributed by atoms with Crippen LogP contribution in [-0.2, 0) is 11.8 Å². The first-order valence-corrected chi connectivity index (χ1v) is 12.1. The Hall–Kier alpha value is -3.53. The van der Waals surface area contributed by atoms with Crippen LogP contribution in [0.3, 0.4) is 0 Å². The molecule has 10 heteroatoms. The maximum absolute atomic E-state index is 13.3. The minimum Gasteiger partial charge on any atom is -0.486 e. The summed E-state index contributed by atoms with van der Waals surface area (Å²) < 4.78 is 13.1. The highest BCUT2D eigenvalue weighted by molar-refractivity contribution is 7.99. The van der Waals surface area contributed by atoms with Crippen LogP contribution in [0.25, 0.3) is 0 Å². The molecule has 0 aliphatic carbocycles. The zero-order chi connectivity index (χ0) is 23.5. The van der Waals surface area contributed by atoms with Crippen LogP contribution >= 0.6 is 11.8 Å². The number of thioether (sulfide) groups is 1. The van der Waals surface area contributed by atoms with Gasteiger partial charge in [0.15, 0.2) is 16.7 Å². The molecule has 3 heterocycles. The lowest BCUT2D eigenvalue weighted by molar-refractivity contribution is -0.113. The molecule has 2 aliphatic rings. The fourth-order valence-electron chi connectivity index (χ4n) is 4.22. The third-order valence-corrected chi connectivity index (χ3v) is 6.92. The van der Waals surface area contributed by atoms with E-state index in [4.69, 9.17) is 9.47 Å². The van der Waals surface area contributed by atoms with E-state index in [2.05, 4.69) is 15.5 Å². The number of anilines is 1. The van der Waals surface area contributed by atoms with E-state index in [9.17, 15) is 9.59 Å². The van der Waals surface area contributed by atoms with Crippen LogP contribution in [0.5, 0.6) is 11.5 Å². The normalized spacial score (nSPS) is 17.0. The van der Waals surface area contributed by atoms with Crippen LogP contribution in [-0.4, -0.2) is 57.0 Å². The number of carbonyl (C=O) groups excluding carboxylic acids is 2. The largest absolute Gasteiger partial charge is 0.486 e. The fraction of sp³-hybridized carbons (Fsp3) is 0.333. The third-order valence-electron chi connectivity index (χ3n) is 5.88. The van der Waals surface area contributed by atoms with Crippen molar-refractivity contribution < 1.29 is 19.1 Å². The van der Waals surface area contributed by atoms with Gasteiger partial charge in [0.25, 0.3) is 5.91 Å². The average molecular weight is 480 g/mol. The van der Waals surface area contributed by atoms with Crippen molar-refractivity contribution in [1.82, 2.24) is 19.7 Å². The van der Waals surface area contributed by atoms with E-state index < -0.39 is 0 Å². The highest BCUT2D eigenvalue weighted by Gasteiger charge is 2.31. The van der Waals surface area contributed by atoms with Gasteiger partial charge >= 0.3 is 0 Å². The van der Waals surface area contributed by atoms with Crippen LogP contribution in [0, 0.1) is 0 Å². The molecule has 2 amide bonds. The zero-order valence-electron chi connectivity index (χ0n) is 18.8. The molecule has 0 radical (unpaired) electrons. The molecule has 2 aromatic carbocycles. The van der Waals surface area contributed by atoms with Crippen molar-refractivity contribution in [2.75, 3.05) is 30.8 Å². The summed E-state index contributed by atoms with van der Waals surface area (Å²) in [4.78, 5) is 27.5. The summed E-state index contributed by atoms with van der Waals surface area (Å²) in [5.41, 5.74) is 2.29. The number of ether oxygens (including phenoxy) is 2. The molecule has 1 saturated heterocycles. The maximum atomic E-state index is 13.3. The Morgan fingerprint density at radius 2 is 1.91 bits per heavy atom. The molecule has 1 atom stereocenters. The fourth-order valence-corrected chi connectivity index (χ4v) is 4.90. The average Bonchev–Trinajstić information content (AvgIpc) is 3.51. The number of aryl methyl sites for hydroxylation is 1. The van der Waals surface area contributed by atoms with Crippen LogP contribution in [0.4, 0.5) is 5.69 Å². The summed E-state index contributed by atoms with van der Waals surface area (Å²) in [6.45, 7) is 1.79. The number of carbonyl (C=O) groups is 2. The molecule has 1 fully saturated rings. The summed E-state index contributed by atoms with van der Waals surface area (Å²) in [7, 11) is 1.83. The Balaban J connectivity index is 1.22. The van der Waals surface area contributed by atoms with Gasteiger partial charge in [0.2, 0.25) is 5.91 Å². The SMILES string of the molecule is Cn1cnnc1SCC(=O)Nc1ccc(C(=O)N2CCCC2c2ccc3c(c2)OCCO3)cc1. The van der Waals surface area contributed by atoms with E-state index >= 15 is 0 Å². The first kappa shape index (κ1) is 22.3. The highest BCUT2D eigenvalue weighted by Crippen LogP contribution is 2.38. The van der Waals surface area contributed by atoms with Gasteiger partial charge < -0.3 is 24.3 Å². The minimum atomic E-state index is -0.148. The van der Waals surface area contributed by atoms with Crippen molar-refractivity contribution in [3.63, 3.8) is 0 Å². The molecule has 0 spiro atoms. The molecular formula is C24H25N5O4S. The van der Waals surface area contributed by atoms with Gasteiger partial charge in [-0.25, -0.2) is 0 Å². The second-order valence-electron chi connectivity index (χ2n) is 8.20. The van der Waals surface area contributed by atoms with Crippen molar-refractivity contribution >= 4 is 29.3 Å². The molecule has 1 aromatic heterocycles. The highest BCUT2D eigenvalue weighted by atomic mass is 32.2. The Bertz CT molecular complexity index is 1200. The van der Waals surface area contributed by atoms with Crippen molar-refractivity contribution in [1.29, 1.82) is 0 Å². The van der Waals surface area contributed by atoms with Gasteiger partial charge in [-0.3, -0.25) is 9.59 Å². The predicted octanol–water partition coefficient (Wildman–Crippen LogP) is 3.29. The molecule has 5 rings (SSSR count). The number of fused-ring (bicyclic) bond motifs is 1. The lowest BCUT2D eigenvalue weighted by Crippen LogP contribution is -2.30. The number of benzene rings is 2. The summed E-state index contributed by atoms with van der Waals surface area (Å²) in [6.07, 6.45) is 3.44. The van der Waals surface area contributed by atoms with E-state index in [1.165, 1.54) is 11.8 Å². The number of hydrogen-bond donors (Lipinski definition) is 1. The second-order valence-corrected chi connectivity index (χ2v) is 9.14. The van der Waals surface area contributed by atoms with Gasteiger partial charge in [0.05, 0.1) is 11.8 Å². The molecular weight excluding hydrogens is 454 g/mol. The van der Waals surface area contributed by atoms with E-state index in [-0.39, 0.29) is 23.6 Å². The van der Waals surface area contributed by atoms with Crippen molar-refractivity contribution in [2.24, 2.45) is 7.05 Å². The van der Waals surface area contributed by atoms with Gasteiger partial charge in [-0.2, -0.15) is 0 Å². The van der Waals surface area contributed by atoms with Gasteiger partial charge in [0, 0.05) is 24.8 Å². The molecule has 2 aliphatic heterocycles. The topological polar surface area (TPSA) is 98.6 Å². The molecule has 1 N–H and O–H groups in total. The number of nitrogens with zero attached hydrogens (tertiary/aromatic N) is 4. The summed E-state index contributed by atoms with van der Waals surface area (Å²) in [5.74, 6) is 1.54. The third kappa shape index (κ3) is 4.72. The Morgan fingerprint density at radius 3 is 2.68 bits per heavy atom. The van der Waals surface area contributed by atoms with E-state index in [1.54, 1.807) is 35.2 Å². The standard InChI is InChI=1S/C24H25N5O4S/c1-28-15-25-27-24(28)34-14-22(30)26-18-7-4-16(5-8-18)23(31)29-10-2-3-19(29)17-6-9-20-21(13-17)33-12-11-32-20/h4-9,13,15,19H,2-3,10-12,14H2,1H3,(H,26,30). The van der Waals surface area contributed by atoms with Gasteiger partial charge in [-0.15, -0.1) is 10.2 Å². The molecule has 3 aromatic rings. The van der Waals surface area contributed by atoms with Gasteiger partial charge in [0.1, 0.15) is 19.5 Å². The van der Waals surface area contributed by atoms with E-state index in [1.807, 2.05) is 30.1 Å². The number of aromatic nitrogens is 3. The molecule has 34 heavy (non-hydrogen) atoms. The summed E-state index contributed by atoms with van der Waals surface area (Å²) in [5, 5.41) is 11.3. The van der Waals surface area contributed by atoms with Crippen LogP contribution in [0.2, 0.25) is 0 Å². The summed E-state index contributed by atoms with van der Waals surface area (Å²) in [6, 6.07) is 13.0. The number of nitrogens with one attached hydrogen (secondary N) is 1. The van der Waals surface area contributed by atoms with Crippen LogP contribution < -0.4 is 14.8 Å². The Morgan fingerprint density at radius 1 is 1.12 bits per heavy atom. The minimum absolute atomic E-state index is 0.000318. The molecule has 0 bridgehead atoms. The number of amides is 2. The Kier molecular flexibility index (Phi) is 6.39. The van der Waals surface area contributed by atoms with Crippen molar-refractivity contribution in [3.05, 3.63) is 59.9 Å². The number of rotatable bonds is 6. The van der Waals surface area contributed by atoms with Gasteiger partial charge in [-0.05, 0) is 54.8 Å². The van der Waals surface area contributed by atoms with E-state index in [0.29, 0.717) is 36.2 Å². The van der Waals surface area contributed by atoms with Crippen molar-refractivity contribution in [2.45, 2.75) is 24.0 Å². The molecule has 176 valence electrons. The maximum Gasteiger partial charge on any atom is 0.254 e. The molecule has 0 saturated carbocycles. The van der Waals surface area contributed by atoms with Gasteiger partial charge in [-0.1, -0.05) is 17.8 Å². The van der Waals surface area contributed by atoms with Crippen molar-refractivity contribution in [3.8, 4) is 11.5 Å². The van der Waals surface area contributed by atoms with Crippen LogP contribution in [0.1, 0.15) is 34.8 Å². The lowest BCUT2D eigenvalue weighted by atomic mass is 10.0. The Labute approximate surface area is 201 Å². The zero-order valence-corrected chi connectivity index (χ0v) is 19.6. The number of hydrogen-bond acceptors (Lipinski definition) is 7. The molecule has 9 nitrogen and oxygen atoms in total. The lowest BCUT2D eigenvalue weighted by Gasteiger charge is -2.27. The first-order chi connectivity index (χ1) is 16.6. The quantitative estimate of drug-likeness (QED) is 0.542. The monoisotopic (exact) mass is 479 g/mol. The predicted molar refractivity (Wildman–Crippen MR) is 127 cm³/mol. The van der Waals surface area contributed by atoms with E-state index in [0.717, 1.165) is 29.9 Å². The smallest absolute Gasteiger partial charge is 0.254 e. The number of likely N-dealkylation sites (tertiary alicyclic amines) is 1. The second kappa shape index (κ2) is 9.76.